The van der Waals surface area contributed by atoms with Crippen LogP contribution in [0.3, 0.4) is 0 Å². The average Bonchev–Trinajstić information content (AvgIpc) is 2.59. The molecule has 0 aromatic carbocycles. The average molecular weight is 215 g/mol. The number of rotatable bonds is 1. The first-order chi connectivity index (χ1) is 7.26. The minimum atomic E-state index is -0.0572. The van der Waals surface area contributed by atoms with Crippen molar-refractivity contribution in [3.8, 4) is 0 Å². The van der Waals surface area contributed by atoms with Gasteiger partial charge in [0.15, 0.2) is 0 Å². The van der Waals surface area contributed by atoms with Crippen molar-refractivity contribution >= 4 is 0 Å². The van der Waals surface area contributed by atoms with E-state index in [4.69, 9.17) is 9.47 Å². The van der Waals surface area contributed by atoms with E-state index in [1.807, 2.05) is 13.8 Å². The molecule has 2 saturated heterocycles. The number of ether oxygens (including phenoxy) is 2. The van der Waals surface area contributed by atoms with Gasteiger partial charge in [0.25, 0.3) is 0 Å². The Bertz CT molecular complexity index is 178. The maximum absolute atomic E-state index is 6.00. The van der Waals surface area contributed by atoms with Crippen LogP contribution in [0.25, 0.3) is 0 Å². The van der Waals surface area contributed by atoms with Gasteiger partial charge in [0.2, 0.25) is 0 Å². The van der Waals surface area contributed by atoms with Crippen molar-refractivity contribution < 1.29 is 9.47 Å². The lowest BCUT2D eigenvalue weighted by molar-refractivity contribution is -0.108. The molecular weight excluding hydrogens is 190 g/mol. The molecule has 0 aromatic heterocycles. The molecule has 2 atom stereocenters. The maximum atomic E-state index is 6.00. The summed E-state index contributed by atoms with van der Waals surface area (Å²) in [7, 11) is 0. The van der Waals surface area contributed by atoms with Gasteiger partial charge in [-0.05, 0) is 13.3 Å². The molecule has 0 unspecified atom stereocenters. The Morgan fingerprint density at radius 3 is 2.33 bits per heavy atom. The van der Waals surface area contributed by atoms with E-state index in [-0.39, 0.29) is 5.72 Å². The topological polar surface area (TPSA) is 30.5 Å². The van der Waals surface area contributed by atoms with Crippen molar-refractivity contribution in [1.29, 1.82) is 0 Å². The summed E-state index contributed by atoms with van der Waals surface area (Å²) in [5.74, 6) is 0. The van der Waals surface area contributed by atoms with Gasteiger partial charge >= 0.3 is 0 Å². The normalized spacial score (nSPS) is 33.6. The quantitative estimate of drug-likeness (QED) is 0.728. The molecule has 0 aliphatic carbocycles. The summed E-state index contributed by atoms with van der Waals surface area (Å²) in [6.07, 6.45) is 3.48. The van der Waals surface area contributed by atoms with Gasteiger partial charge in [-0.2, -0.15) is 0 Å². The van der Waals surface area contributed by atoms with E-state index in [0.717, 1.165) is 32.5 Å². The molecule has 2 aliphatic heterocycles. The van der Waals surface area contributed by atoms with Crippen LogP contribution in [0, 0.1) is 0 Å². The highest BCUT2D eigenvalue weighted by Crippen LogP contribution is 2.31. The van der Waals surface area contributed by atoms with Crippen molar-refractivity contribution in [2.75, 3.05) is 13.2 Å². The Hall–Kier alpha value is -0.120. The predicted molar refractivity (Wildman–Crippen MR) is 61.9 cm³/mol. The summed E-state index contributed by atoms with van der Waals surface area (Å²) in [6.45, 7) is 10.0. The van der Waals surface area contributed by atoms with Crippen LogP contribution >= 0.6 is 0 Å². The van der Waals surface area contributed by atoms with Gasteiger partial charge in [-0.1, -0.05) is 20.8 Å². The molecule has 0 saturated carbocycles. The monoisotopic (exact) mass is 215 g/mol. The van der Waals surface area contributed by atoms with E-state index in [0.29, 0.717) is 12.1 Å². The minimum Gasteiger partial charge on any atom is -0.381 e. The third-order valence-electron chi connectivity index (χ3n) is 3.17. The number of hydrogen-bond acceptors (Lipinski definition) is 3. The van der Waals surface area contributed by atoms with Gasteiger partial charge in [0.05, 0.1) is 19.3 Å². The lowest BCUT2D eigenvalue weighted by Crippen LogP contribution is -2.48. The zero-order valence-corrected chi connectivity index (χ0v) is 10.5. The van der Waals surface area contributed by atoms with Crippen LogP contribution in [0.1, 0.15) is 47.0 Å². The van der Waals surface area contributed by atoms with E-state index in [1.165, 1.54) is 0 Å². The van der Waals surface area contributed by atoms with E-state index in [2.05, 4.69) is 19.2 Å². The molecule has 0 bridgehead atoms. The van der Waals surface area contributed by atoms with E-state index >= 15 is 0 Å². The number of hydrogen-bond donors (Lipinski definition) is 1. The van der Waals surface area contributed by atoms with Gasteiger partial charge in [-0.15, -0.1) is 0 Å². The van der Waals surface area contributed by atoms with E-state index in [1.54, 1.807) is 0 Å². The van der Waals surface area contributed by atoms with Crippen LogP contribution in [-0.2, 0) is 9.47 Å². The Labute approximate surface area is 93.5 Å². The van der Waals surface area contributed by atoms with Crippen LogP contribution in [0.4, 0.5) is 0 Å². The van der Waals surface area contributed by atoms with Gasteiger partial charge in [-0.3, -0.25) is 5.32 Å². The molecule has 2 aliphatic rings. The molecule has 90 valence electrons. The fraction of sp³-hybridized carbons (Fsp3) is 1.00. The first kappa shape index (κ1) is 12.9. The van der Waals surface area contributed by atoms with Gasteiger partial charge in [0, 0.05) is 18.9 Å². The first-order valence-electron chi connectivity index (χ1n) is 6.29. The van der Waals surface area contributed by atoms with Gasteiger partial charge < -0.3 is 9.47 Å². The fourth-order valence-corrected chi connectivity index (χ4v) is 2.32. The minimum absolute atomic E-state index is 0.0572. The molecule has 3 nitrogen and oxygen atoms in total. The Morgan fingerprint density at radius 2 is 1.87 bits per heavy atom. The summed E-state index contributed by atoms with van der Waals surface area (Å²) in [5.41, 5.74) is -0.0572. The zero-order valence-electron chi connectivity index (χ0n) is 10.5. The third kappa shape index (κ3) is 2.92. The highest BCUT2D eigenvalue weighted by Gasteiger charge is 2.43. The molecule has 1 spiro atoms. The van der Waals surface area contributed by atoms with Crippen molar-refractivity contribution in [1.82, 2.24) is 5.32 Å². The van der Waals surface area contributed by atoms with Crippen LogP contribution in [0.15, 0.2) is 0 Å². The molecule has 1 N–H and O–H groups in total. The van der Waals surface area contributed by atoms with E-state index < -0.39 is 0 Å². The molecule has 2 heterocycles. The summed E-state index contributed by atoms with van der Waals surface area (Å²) in [6, 6.07) is 0.526. The number of nitrogens with one attached hydrogen (secondary N) is 1. The zero-order chi connectivity index (χ0) is 11.3. The van der Waals surface area contributed by atoms with Crippen LogP contribution in [0.2, 0.25) is 0 Å². The van der Waals surface area contributed by atoms with Crippen LogP contribution in [0.5, 0.6) is 0 Å². The predicted octanol–water partition coefficient (Wildman–Crippen LogP) is 2.31. The molecule has 2 fully saturated rings. The van der Waals surface area contributed by atoms with Crippen LogP contribution in [-0.4, -0.2) is 31.1 Å². The second kappa shape index (κ2) is 5.83. The standard InChI is InChI=1S/C10H19NO2.C2H6/c1-3-9-8(2)13-10(11-9)4-6-12-7-5-10;1-2/h8-9,11H,3-7H2,1-2H3;1-2H3/t8-,9+;/m0./s1. The molecule has 0 radical (unpaired) electrons. The Balaban J connectivity index is 0.000000531. The third-order valence-corrected chi connectivity index (χ3v) is 3.17. The summed E-state index contributed by atoms with van der Waals surface area (Å²) < 4.78 is 11.3. The smallest absolute Gasteiger partial charge is 0.124 e. The van der Waals surface area contributed by atoms with Crippen molar-refractivity contribution in [3.05, 3.63) is 0 Å². The summed E-state index contributed by atoms with van der Waals surface area (Å²) in [4.78, 5) is 0. The second-order valence-electron chi connectivity index (χ2n) is 4.09. The largest absolute Gasteiger partial charge is 0.381 e. The van der Waals surface area contributed by atoms with Crippen LogP contribution < -0.4 is 5.32 Å². The van der Waals surface area contributed by atoms with Crippen molar-refractivity contribution in [3.63, 3.8) is 0 Å². The Morgan fingerprint density at radius 1 is 1.27 bits per heavy atom. The lowest BCUT2D eigenvalue weighted by Gasteiger charge is -2.33. The molecule has 3 heteroatoms. The lowest BCUT2D eigenvalue weighted by atomic mass is 10.0. The summed E-state index contributed by atoms with van der Waals surface area (Å²) in [5, 5.41) is 3.60. The highest BCUT2D eigenvalue weighted by atomic mass is 16.5. The first-order valence-corrected chi connectivity index (χ1v) is 6.29. The van der Waals surface area contributed by atoms with Crippen molar-refractivity contribution in [2.45, 2.75) is 64.8 Å². The molecule has 15 heavy (non-hydrogen) atoms. The molecule has 2 rings (SSSR count). The SMILES string of the molecule is CC.CC[C@H]1NC2(CCOCC2)O[C@H]1C. The van der Waals surface area contributed by atoms with Gasteiger partial charge in [0.1, 0.15) is 5.72 Å². The van der Waals surface area contributed by atoms with Crippen molar-refractivity contribution in [2.24, 2.45) is 0 Å². The second-order valence-corrected chi connectivity index (χ2v) is 4.09. The molecular formula is C12H25NO2. The van der Waals surface area contributed by atoms with Gasteiger partial charge in [-0.25, -0.2) is 0 Å². The molecule has 0 amide bonds. The highest BCUT2D eigenvalue weighted by molar-refractivity contribution is 4.93. The fourth-order valence-electron chi connectivity index (χ4n) is 2.32. The van der Waals surface area contributed by atoms with E-state index in [9.17, 15) is 0 Å². The Kier molecular flexibility index (Phi) is 5.03. The summed E-state index contributed by atoms with van der Waals surface area (Å²) >= 11 is 0. The molecule has 0 aromatic rings. The maximum Gasteiger partial charge on any atom is 0.124 e.